The zero-order valence-electron chi connectivity index (χ0n) is 13.9. The van der Waals surface area contributed by atoms with Crippen LogP contribution in [0.5, 0.6) is 0 Å². The molecular formula is C16H15FN6O3S. The van der Waals surface area contributed by atoms with Crippen LogP contribution >= 0.6 is 0 Å². The fourth-order valence-corrected chi connectivity index (χ4v) is 3.20. The maximum Gasteiger partial charge on any atom is 0.241 e. The Morgan fingerprint density at radius 1 is 1.11 bits per heavy atom. The number of benzene rings is 2. The van der Waals surface area contributed by atoms with E-state index in [1.165, 1.54) is 41.2 Å². The summed E-state index contributed by atoms with van der Waals surface area (Å²) in [5, 5.41) is 12.1. The minimum absolute atomic E-state index is 0.0220. The van der Waals surface area contributed by atoms with Crippen LogP contribution in [-0.4, -0.2) is 41.1 Å². The maximum atomic E-state index is 12.9. The maximum absolute atomic E-state index is 12.9. The molecule has 0 unspecified atom stereocenters. The van der Waals surface area contributed by atoms with Gasteiger partial charge in [-0.1, -0.05) is 12.1 Å². The number of nitrogens with zero attached hydrogens (tertiary/aromatic N) is 4. The van der Waals surface area contributed by atoms with Crippen LogP contribution in [0.2, 0.25) is 0 Å². The molecule has 1 aromatic heterocycles. The van der Waals surface area contributed by atoms with Gasteiger partial charge in [0, 0.05) is 5.56 Å². The van der Waals surface area contributed by atoms with Crippen molar-refractivity contribution in [3.63, 3.8) is 0 Å². The summed E-state index contributed by atoms with van der Waals surface area (Å²) in [4.78, 5) is 12.0. The number of rotatable bonds is 7. The number of sulfonamides is 1. The van der Waals surface area contributed by atoms with Gasteiger partial charge in [-0.15, -0.1) is 10.2 Å². The van der Waals surface area contributed by atoms with Gasteiger partial charge < -0.3 is 5.73 Å². The molecule has 0 radical (unpaired) electrons. The van der Waals surface area contributed by atoms with E-state index < -0.39 is 22.5 Å². The van der Waals surface area contributed by atoms with Gasteiger partial charge in [-0.05, 0) is 47.2 Å². The second kappa shape index (κ2) is 7.60. The lowest BCUT2D eigenvalue weighted by atomic mass is 10.2. The second-order valence-electron chi connectivity index (χ2n) is 5.59. The number of carbonyl (C=O) groups is 1. The molecule has 0 spiro atoms. The number of aromatic nitrogens is 4. The Bertz CT molecular complexity index is 1050. The lowest BCUT2D eigenvalue weighted by molar-refractivity contribution is -0.116. The predicted molar refractivity (Wildman–Crippen MR) is 93.1 cm³/mol. The van der Waals surface area contributed by atoms with E-state index in [-0.39, 0.29) is 10.7 Å². The molecule has 0 saturated heterocycles. The van der Waals surface area contributed by atoms with E-state index in [1.54, 1.807) is 12.1 Å². The molecule has 9 nitrogen and oxygen atoms in total. The third-order valence-corrected chi connectivity index (χ3v) is 4.97. The number of amides is 1. The fourth-order valence-electron chi connectivity index (χ4n) is 2.21. The van der Waals surface area contributed by atoms with Crippen molar-refractivity contribution >= 4 is 15.9 Å². The highest BCUT2D eigenvalue weighted by Gasteiger charge is 2.15. The highest BCUT2D eigenvalue weighted by Crippen LogP contribution is 2.17. The van der Waals surface area contributed by atoms with Gasteiger partial charge in [-0.3, -0.25) is 4.79 Å². The Labute approximate surface area is 154 Å². The van der Waals surface area contributed by atoms with Crippen LogP contribution in [0.3, 0.4) is 0 Å². The molecule has 1 heterocycles. The average molecular weight is 390 g/mol. The number of hydrogen-bond donors (Lipinski definition) is 2. The molecule has 0 saturated carbocycles. The van der Waals surface area contributed by atoms with Gasteiger partial charge in [-0.25, -0.2) is 17.5 Å². The molecule has 3 aromatic rings. The summed E-state index contributed by atoms with van der Waals surface area (Å²) >= 11 is 0. The summed E-state index contributed by atoms with van der Waals surface area (Å²) in [5.74, 6) is -0.797. The molecule has 0 bridgehead atoms. The first-order valence-corrected chi connectivity index (χ1v) is 9.22. The van der Waals surface area contributed by atoms with E-state index in [2.05, 4.69) is 20.1 Å². The molecule has 27 heavy (non-hydrogen) atoms. The number of carbonyl (C=O) groups excluding carboxylic acids is 1. The summed E-state index contributed by atoms with van der Waals surface area (Å²) in [6.45, 7) is -0.167. The molecule has 0 atom stereocenters. The highest BCUT2D eigenvalue weighted by molar-refractivity contribution is 7.89. The number of primary amides is 1. The molecule has 0 aliphatic rings. The van der Waals surface area contributed by atoms with E-state index in [1.807, 2.05) is 0 Å². The second-order valence-corrected chi connectivity index (χ2v) is 7.35. The summed E-state index contributed by atoms with van der Waals surface area (Å²) in [5.41, 5.74) is 6.30. The summed E-state index contributed by atoms with van der Waals surface area (Å²) in [7, 11) is -3.84. The van der Waals surface area contributed by atoms with Gasteiger partial charge in [0.15, 0.2) is 0 Å². The third-order valence-electron chi connectivity index (χ3n) is 3.55. The number of nitrogens with one attached hydrogen (secondary N) is 1. The number of nitrogens with two attached hydrogens (primary N) is 1. The van der Waals surface area contributed by atoms with Crippen molar-refractivity contribution in [3.05, 3.63) is 59.9 Å². The first-order valence-electron chi connectivity index (χ1n) is 7.74. The predicted octanol–water partition coefficient (Wildman–Crippen LogP) is 0.291. The van der Waals surface area contributed by atoms with Crippen LogP contribution in [0.15, 0.2) is 53.4 Å². The van der Waals surface area contributed by atoms with Crippen molar-refractivity contribution in [2.75, 3.05) is 6.54 Å². The van der Waals surface area contributed by atoms with E-state index in [4.69, 9.17) is 5.73 Å². The largest absolute Gasteiger partial charge is 0.369 e. The Morgan fingerprint density at radius 3 is 2.41 bits per heavy atom. The Hall–Kier alpha value is -3.18. The van der Waals surface area contributed by atoms with E-state index >= 15 is 0 Å². The number of hydrogen-bond acceptors (Lipinski definition) is 6. The van der Waals surface area contributed by atoms with Crippen molar-refractivity contribution in [2.24, 2.45) is 5.73 Å². The number of halogens is 1. The average Bonchev–Trinajstić information content (AvgIpc) is 3.11. The van der Waals surface area contributed by atoms with Gasteiger partial charge >= 0.3 is 0 Å². The van der Waals surface area contributed by atoms with Crippen molar-refractivity contribution < 1.29 is 17.6 Å². The van der Waals surface area contributed by atoms with E-state index in [0.717, 1.165) is 5.56 Å². The molecular weight excluding hydrogens is 375 g/mol. The van der Waals surface area contributed by atoms with Crippen LogP contribution in [0, 0.1) is 5.82 Å². The molecule has 0 aliphatic heterocycles. The van der Waals surface area contributed by atoms with Crippen molar-refractivity contribution in [1.82, 2.24) is 24.9 Å². The zero-order chi connectivity index (χ0) is 19.4. The lowest BCUT2D eigenvalue weighted by Crippen LogP contribution is -2.33. The molecule has 2 aromatic carbocycles. The van der Waals surface area contributed by atoms with Crippen LogP contribution in [0.1, 0.15) is 5.56 Å². The summed E-state index contributed by atoms with van der Waals surface area (Å²) < 4.78 is 39.1. The third kappa shape index (κ3) is 4.71. The first kappa shape index (κ1) is 18.6. The van der Waals surface area contributed by atoms with Crippen LogP contribution < -0.4 is 10.5 Å². The molecule has 1 amide bonds. The van der Waals surface area contributed by atoms with Gasteiger partial charge in [0.25, 0.3) is 0 Å². The fraction of sp³-hybridized carbons (Fsp3) is 0.125. The summed E-state index contributed by atoms with van der Waals surface area (Å²) in [6, 6.07) is 11.7. The molecule has 0 fully saturated rings. The zero-order valence-corrected chi connectivity index (χ0v) is 14.7. The van der Waals surface area contributed by atoms with Gasteiger partial charge in [0.2, 0.25) is 21.8 Å². The van der Waals surface area contributed by atoms with Crippen molar-refractivity contribution in [2.45, 2.75) is 11.4 Å². The SMILES string of the molecule is NC(=O)CNS(=O)(=O)c1ccc(-c2nnn(Cc3ccc(F)cc3)n2)cc1. The Kier molecular flexibility index (Phi) is 5.23. The van der Waals surface area contributed by atoms with Crippen molar-refractivity contribution in [3.8, 4) is 11.4 Å². The quantitative estimate of drug-likeness (QED) is 0.596. The smallest absolute Gasteiger partial charge is 0.241 e. The lowest BCUT2D eigenvalue weighted by Gasteiger charge is -2.05. The minimum atomic E-state index is -3.84. The Morgan fingerprint density at radius 2 is 1.78 bits per heavy atom. The van der Waals surface area contributed by atoms with Crippen LogP contribution in [0.25, 0.3) is 11.4 Å². The first-order chi connectivity index (χ1) is 12.8. The number of tetrazole rings is 1. The molecule has 3 N–H and O–H groups in total. The normalized spacial score (nSPS) is 11.4. The molecule has 140 valence electrons. The van der Waals surface area contributed by atoms with Crippen molar-refractivity contribution in [1.29, 1.82) is 0 Å². The monoisotopic (exact) mass is 390 g/mol. The minimum Gasteiger partial charge on any atom is -0.369 e. The van der Waals surface area contributed by atoms with E-state index in [0.29, 0.717) is 17.9 Å². The van der Waals surface area contributed by atoms with E-state index in [9.17, 15) is 17.6 Å². The topological polar surface area (TPSA) is 133 Å². The standard InChI is InChI=1S/C16H15FN6O3S/c17-13-5-1-11(2-6-13)10-23-21-16(20-22-23)12-3-7-14(8-4-12)27(25,26)19-9-15(18)24/h1-8,19H,9-10H2,(H2,18,24). The van der Waals surface area contributed by atoms with Gasteiger partial charge in [-0.2, -0.15) is 4.80 Å². The molecule has 11 heteroatoms. The van der Waals surface area contributed by atoms with Gasteiger partial charge in [0.05, 0.1) is 18.0 Å². The Balaban J connectivity index is 1.73. The molecule has 3 rings (SSSR count). The van der Waals surface area contributed by atoms with Crippen LogP contribution in [-0.2, 0) is 21.4 Å². The van der Waals surface area contributed by atoms with Gasteiger partial charge in [0.1, 0.15) is 5.82 Å². The summed E-state index contributed by atoms with van der Waals surface area (Å²) in [6.07, 6.45) is 0. The molecule has 0 aliphatic carbocycles. The highest BCUT2D eigenvalue weighted by atomic mass is 32.2. The van der Waals surface area contributed by atoms with Crippen LogP contribution in [0.4, 0.5) is 4.39 Å².